The lowest BCUT2D eigenvalue weighted by Gasteiger charge is -2.22. The molecule has 1 heterocycles. The van der Waals surface area contributed by atoms with Crippen LogP contribution >= 0.6 is 0 Å². The lowest BCUT2D eigenvalue weighted by Crippen LogP contribution is -2.20. The Hall–Kier alpha value is -2.04. The van der Waals surface area contributed by atoms with Crippen molar-refractivity contribution in [2.45, 2.75) is 24.5 Å². The molecule has 4 heteroatoms. The Morgan fingerprint density at radius 2 is 1.26 bits per heavy atom. The maximum atomic E-state index is 13.3. The van der Waals surface area contributed by atoms with E-state index in [0.29, 0.717) is 0 Å². The average molecular weight is 341 g/mol. The third kappa shape index (κ3) is 2.21. The number of fused-ring (bicyclic) bond motifs is 2. The van der Waals surface area contributed by atoms with Crippen LogP contribution in [0.25, 0.3) is 0 Å². The summed E-state index contributed by atoms with van der Waals surface area (Å²) in [6.45, 7) is 0. The zero-order valence-corrected chi connectivity index (χ0v) is 13.9. The van der Waals surface area contributed by atoms with Gasteiger partial charge in [0.15, 0.2) is 14.7 Å². The molecule has 1 aliphatic heterocycles. The van der Waals surface area contributed by atoms with Crippen LogP contribution in [0.1, 0.15) is 0 Å². The fraction of sp³-hybridized carbons (Fsp3) is 0. The highest BCUT2D eigenvalue weighted by Gasteiger charge is 2.41. The zero-order valence-electron chi connectivity index (χ0n) is 12.2. The van der Waals surface area contributed by atoms with Crippen LogP contribution in [0.3, 0.4) is 0 Å². The third-order valence-corrected chi connectivity index (χ3v) is 8.62. The highest BCUT2D eigenvalue weighted by molar-refractivity contribution is 8.04. The molecule has 0 bridgehead atoms. The van der Waals surface area contributed by atoms with Gasteiger partial charge in [0.1, 0.15) is 16.7 Å². The van der Waals surface area contributed by atoms with Gasteiger partial charge in [0.05, 0.1) is 9.79 Å². The maximum absolute atomic E-state index is 13.3. The Labute approximate surface area is 138 Å². The van der Waals surface area contributed by atoms with E-state index < -0.39 is 20.4 Å². The van der Waals surface area contributed by atoms with Crippen molar-refractivity contribution < 1.29 is 8.60 Å². The Kier molecular flexibility index (Phi) is 3.32. The normalized spacial score (nSPS) is 22.2. The molecule has 0 N–H and O–H groups in total. The Morgan fingerprint density at radius 3 is 1.78 bits per heavy atom. The molecule has 0 aromatic heterocycles. The first-order valence-electron chi connectivity index (χ1n) is 7.14. The molecule has 0 radical (unpaired) electrons. The van der Waals surface area contributed by atoms with Crippen LogP contribution in [-0.2, 0) is 20.4 Å². The molecule has 0 amide bonds. The number of hydrogen-bond acceptors (Lipinski definition) is 1. The van der Waals surface area contributed by atoms with Gasteiger partial charge < -0.3 is 0 Å². The van der Waals surface area contributed by atoms with Crippen LogP contribution in [0.2, 0.25) is 0 Å². The third-order valence-electron chi connectivity index (χ3n) is 3.90. The minimum atomic E-state index is -2.52. The topological polar surface area (TPSA) is 17.1 Å². The van der Waals surface area contributed by atoms with Gasteiger partial charge in [0.25, 0.3) is 0 Å². The van der Waals surface area contributed by atoms with Crippen LogP contribution < -0.4 is 0 Å². The van der Waals surface area contributed by atoms with Gasteiger partial charge in [-0.1, -0.05) is 24.3 Å². The molecule has 3 aromatic rings. The number of hydrogen-bond donors (Lipinski definition) is 0. The largest absolute Gasteiger partial charge is 0.258 e. The number of rotatable bonds is 1. The summed E-state index contributed by atoms with van der Waals surface area (Å²) >= 11 is 0. The first-order valence-corrected chi connectivity index (χ1v) is 10.1. The molecule has 0 spiro atoms. The van der Waals surface area contributed by atoms with Gasteiger partial charge in [-0.05, 0) is 54.4 Å². The summed E-state index contributed by atoms with van der Waals surface area (Å²) < 4.78 is 26.6. The van der Waals surface area contributed by atoms with Crippen LogP contribution in [0.4, 0.5) is 4.39 Å². The predicted octanol–water partition coefficient (Wildman–Crippen LogP) is 4.37. The average Bonchev–Trinajstić information content (AvgIpc) is 2.57. The number of halogens is 1. The van der Waals surface area contributed by atoms with E-state index in [2.05, 4.69) is 5.87 Å². The summed E-state index contributed by atoms with van der Waals surface area (Å²) in [6.07, 6.45) is 0. The van der Waals surface area contributed by atoms with Crippen molar-refractivity contribution in [3.8, 4) is 0 Å². The molecule has 0 unspecified atom stereocenters. The molecule has 0 saturated carbocycles. The summed E-state index contributed by atoms with van der Waals surface area (Å²) in [5.41, 5.74) is 0. The van der Waals surface area contributed by atoms with E-state index in [0.717, 1.165) is 24.5 Å². The SMILES string of the molecule is C=S1(=O)c2ccccc2[S+](c2ccc(F)cc2)c2ccccc21. The molecule has 3 aromatic carbocycles. The molecule has 1 nitrogen and oxygen atoms in total. The highest BCUT2D eigenvalue weighted by atomic mass is 32.2. The molecule has 4 rings (SSSR count). The molecular weight excluding hydrogens is 327 g/mol. The van der Waals surface area contributed by atoms with E-state index >= 15 is 0 Å². The van der Waals surface area contributed by atoms with Crippen LogP contribution in [0, 0.1) is 5.82 Å². The van der Waals surface area contributed by atoms with Crippen molar-refractivity contribution in [2.75, 3.05) is 0 Å². The quantitative estimate of drug-likeness (QED) is 0.371. The van der Waals surface area contributed by atoms with Crippen LogP contribution in [-0.4, -0.2) is 10.1 Å². The van der Waals surface area contributed by atoms with E-state index in [1.807, 2.05) is 60.7 Å². The van der Waals surface area contributed by atoms with E-state index in [1.165, 1.54) is 12.1 Å². The molecular formula is C19H14FOS2+. The lowest BCUT2D eigenvalue weighted by molar-refractivity contribution is 0.626. The van der Waals surface area contributed by atoms with Crippen molar-refractivity contribution in [1.29, 1.82) is 0 Å². The molecule has 0 aliphatic carbocycles. The van der Waals surface area contributed by atoms with Gasteiger partial charge in [-0.2, -0.15) is 0 Å². The van der Waals surface area contributed by atoms with Crippen LogP contribution in [0.5, 0.6) is 0 Å². The van der Waals surface area contributed by atoms with Crippen molar-refractivity contribution in [2.24, 2.45) is 0 Å². The summed E-state index contributed by atoms with van der Waals surface area (Å²) in [4.78, 5) is 4.61. The minimum Gasteiger partial charge on any atom is -0.258 e. The van der Waals surface area contributed by atoms with E-state index in [-0.39, 0.29) is 5.82 Å². The summed E-state index contributed by atoms with van der Waals surface area (Å²) in [5.74, 6) is 3.77. The first kappa shape index (κ1) is 14.5. The fourth-order valence-corrected chi connectivity index (χ4v) is 7.89. The smallest absolute Gasteiger partial charge is 0.182 e. The molecule has 0 fully saturated rings. The maximum Gasteiger partial charge on any atom is 0.182 e. The van der Waals surface area contributed by atoms with Gasteiger partial charge in [-0.15, -0.1) is 0 Å². The summed E-state index contributed by atoms with van der Waals surface area (Å²) in [6, 6.07) is 22.0. The number of benzene rings is 3. The first-order chi connectivity index (χ1) is 11.1. The molecule has 0 saturated heterocycles. The van der Waals surface area contributed by atoms with E-state index in [4.69, 9.17) is 0 Å². The van der Waals surface area contributed by atoms with Crippen molar-refractivity contribution in [3.05, 3.63) is 78.6 Å². The van der Waals surface area contributed by atoms with Gasteiger partial charge in [-0.3, -0.25) is 4.21 Å². The minimum absolute atomic E-state index is 0.253. The Balaban J connectivity index is 2.06. The second kappa shape index (κ2) is 5.25. The molecule has 0 atom stereocenters. The molecule has 23 heavy (non-hydrogen) atoms. The summed E-state index contributed by atoms with van der Waals surface area (Å²) in [7, 11) is -2.92. The lowest BCUT2D eigenvalue weighted by atomic mass is 10.3. The van der Waals surface area contributed by atoms with Gasteiger partial charge >= 0.3 is 0 Å². The Morgan fingerprint density at radius 1 is 0.783 bits per heavy atom. The monoisotopic (exact) mass is 341 g/mol. The van der Waals surface area contributed by atoms with Gasteiger partial charge in [-0.25, -0.2) is 4.39 Å². The second-order valence-electron chi connectivity index (χ2n) is 5.33. The highest BCUT2D eigenvalue weighted by Crippen LogP contribution is 2.44. The second-order valence-corrected chi connectivity index (χ2v) is 9.52. The molecule has 1 aliphatic rings. The standard InChI is InChI=1S/C19H14FOS2/c1-23(21)18-8-4-2-6-16(18)22(15-12-10-14(20)11-13-15)17-7-3-5-9-19(17)23/h2-13H,1H2/q+1. The van der Waals surface area contributed by atoms with E-state index in [1.54, 1.807) is 0 Å². The summed E-state index contributed by atoms with van der Waals surface area (Å²) in [5, 5.41) is 0. The predicted molar refractivity (Wildman–Crippen MR) is 93.2 cm³/mol. The van der Waals surface area contributed by atoms with Crippen molar-refractivity contribution in [1.82, 2.24) is 0 Å². The van der Waals surface area contributed by atoms with Crippen LogP contribution in [0.15, 0.2) is 97.3 Å². The van der Waals surface area contributed by atoms with Gasteiger partial charge in [0, 0.05) is 9.52 Å². The van der Waals surface area contributed by atoms with Crippen molar-refractivity contribution in [3.63, 3.8) is 0 Å². The van der Waals surface area contributed by atoms with Gasteiger partial charge in [0.2, 0.25) is 0 Å². The fourth-order valence-electron chi connectivity index (χ4n) is 2.84. The Bertz CT molecular complexity index is 938. The van der Waals surface area contributed by atoms with Crippen molar-refractivity contribution >= 4 is 26.3 Å². The molecule has 114 valence electrons. The zero-order chi connectivity index (χ0) is 16.0. The van der Waals surface area contributed by atoms with E-state index in [9.17, 15) is 8.60 Å².